The van der Waals surface area contributed by atoms with E-state index in [9.17, 15) is 13.2 Å². The van der Waals surface area contributed by atoms with E-state index in [1.165, 1.54) is 0 Å². The lowest BCUT2D eigenvalue weighted by atomic mass is 9.98. The van der Waals surface area contributed by atoms with Crippen molar-refractivity contribution in [1.29, 1.82) is 0 Å². The third kappa shape index (κ3) is 9.93. The molecule has 0 spiro atoms. The number of hydrogen-bond acceptors (Lipinski definition) is 5. The van der Waals surface area contributed by atoms with Gasteiger partial charge in [-0.05, 0) is 12.3 Å². The fraction of sp³-hybridized carbons (Fsp3) is 0.846. The number of carbonyl (C=O) groups excluding carboxylic acids is 1. The van der Waals surface area contributed by atoms with Crippen LogP contribution in [-0.2, 0) is 19.6 Å². The number of methoxy groups -OCH3 is 1. The molecule has 1 radical (unpaired) electrons. The summed E-state index contributed by atoms with van der Waals surface area (Å²) in [5.41, 5.74) is 2.28. The van der Waals surface area contributed by atoms with E-state index < -0.39 is 28.2 Å². The molecule has 22 heavy (non-hydrogen) atoms. The first-order valence-electron chi connectivity index (χ1n) is 7.16. The van der Waals surface area contributed by atoms with Gasteiger partial charge in [-0.2, -0.15) is 0 Å². The fourth-order valence-corrected chi connectivity index (χ4v) is 2.72. The van der Waals surface area contributed by atoms with E-state index in [4.69, 9.17) is 9.57 Å². The van der Waals surface area contributed by atoms with Gasteiger partial charge in [0.1, 0.15) is 6.10 Å². The van der Waals surface area contributed by atoms with E-state index >= 15 is 0 Å². The van der Waals surface area contributed by atoms with Gasteiger partial charge in [-0.25, -0.2) is 23.4 Å². The Morgan fingerprint density at radius 3 is 2.41 bits per heavy atom. The number of nitrogens with one attached hydrogen (secondary N) is 3. The van der Waals surface area contributed by atoms with Gasteiger partial charge < -0.3 is 10.1 Å². The second-order valence-electron chi connectivity index (χ2n) is 5.31. The molecule has 0 aliphatic rings. The van der Waals surface area contributed by atoms with Crippen LogP contribution >= 0.6 is 0 Å². The molecule has 0 aliphatic carbocycles. The molecule has 0 aromatic carbocycles. The average molecular weight is 338 g/mol. The second kappa shape index (κ2) is 10.8. The van der Waals surface area contributed by atoms with Gasteiger partial charge in [0.15, 0.2) is 0 Å². The van der Waals surface area contributed by atoms with E-state index in [-0.39, 0.29) is 5.92 Å². The van der Waals surface area contributed by atoms with Gasteiger partial charge in [0.05, 0.1) is 12.3 Å². The van der Waals surface area contributed by atoms with Crippen molar-refractivity contribution in [2.24, 2.45) is 5.92 Å². The Hall–Kier alpha value is -0.900. The lowest BCUT2D eigenvalue weighted by molar-refractivity contribution is -0.0420. The van der Waals surface area contributed by atoms with Crippen LogP contribution in [-0.4, -0.2) is 53.1 Å². The molecule has 2 amide bonds. The zero-order chi connectivity index (χ0) is 17.2. The molecule has 3 N–H and O–H groups in total. The zero-order valence-corrected chi connectivity index (χ0v) is 14.5. The normalized spacial score (nSPS) is 14.6. The third-order valence-corrected chi connectivity index (χ3v) is 3.54. The lowest BCUT2D eigenvalue weighted by Gasteiger charge is -2.29. The van der Waals surface area contributed by atoms with Gasteiger partial charge in [-0.3, -0.25) is 4.84 Å². The molecule has 9 heteroatoms. The standard InChI is InChI=1S/C13H28N3O5S/c1-6-8-14-13(17)15-21-11(7-9-20-4)12(10(2)3)16-22(5,18)19/h10-12,16H,1,6-9H2,2-5H3,(H2,14,15,17). The zero-order valence-electron chi connectivity index (χ0n) is 13.7. The average Bonchev–Trinajstić information content (AvgIpc) is 2.42. The molecule has 0 rings (SSSR count). The molecule has 0 aromatic heterocycles. The van der Waals surface area contributed by atoms with Crippen LogP contribution in [0.5, 0.6) is 0 Å². The number of urea groups is 1. The number of carbonyl (C=O) groups is 1. The molecule has 2 unspecified atom stereocenters. The van der Waals surface area contributed by atoms with Crippen molar-refractivity contribution in [3.8, 4) is 0 Å². The van der Waals surface area contributed by atoms with Crippen LogP contribution in [0.3, 0.4) is 0 Å². The van der Waals surface area contributed by atoms with E-state index in [2.05, 4.69) is 22.4 Å². The molecule has 0 bridgehead atoms. The van der Waals surface area contributed by atoms with Crippen molar-refractivity contribution in [1.82, 2.24) is 15.5 Å². The first kappa shape index (κ1) is 21.1. The van der Waals surface area contributed by atoms with Crippen molar-refractivity contribution < 1.29 is 22.8 Å². The minimum atomic E-state index is -3.40. The van der Waals surface area contributed by atoms with Crippen molar-refractivity contribution in [2.45, 2.75) is 38.8 Å². The Bertz CT molecular complexity index is 414. The van der Waals surface area contributed by atoms with Gasteiger partial charge in [-0.15, -0.1) is 0 Å². The number of hydroxylamine groups is 1. The van der Waals surface area contributed by atoms with Gasteiger partial charge in [0, 0.05) is 26.7 Å². The molecule has 0 fully saturated rings. The van der Waals surface area contributed by atoms with Crippen LogP contribution in [0, 0.1) is 12.8 Å². The minimum absolute atomic E-state index is 0.0266. The quantitative estimate of drug-likeness (QED) is 0.474. The van der Waals surface area contributed by atoms with Gasteiger partial charge in [0.25, 0.3) is 0 Å². The van der Waals surface area contributed by atoms with E-state index in [0.29, 0.717) is 26.0 Å². The predicted octanol–water partition coefficient (Wildman–Crippen LogP) is 0.420. The van der Waals surface area contributed by atoms with Gasteiger partial charge in [0.2, 0.25) is 10.0 Å². The van der Waals surface area contributed by atoms with Crippen LogP contribution in [0.4, 0.5) is 4.79 Å². The number of hydrogen-bond donors (Lipinski definition) is 3. The van der Waals surface area contributed by atoms with Crippen LogP contribution in [0.15, 0.2) is 0 Å². The van der Waals surface area contributed by atoms with Crippen LogP contribution in [0.1, 0.15) is 26.7 Å². The molecule has 8 nitrogen and oxygen atoms in total. The highest BCUT2D eigenvalue weighted by atomic mass is 32.2. The smallest absolute Gasteiger partial charge is 0.338 e. The summed E-state index contributed by atoms with van der Waals surface area (Å²) in [5.74, 6) is -0.0266. The van der Waals surface area contributed by atoms with Gasteiger partial charge >= 0.3 is 6.03 Å². The summed E-state index contributed by atoms with van der Waals surface area (Å²) in [6.07, 6.45) is 1.52. The van der Waals surface area contributed by atoms with E-state index in [1.807, 2.05) is 13.8 Å². The largest absolute Gasteiger partial charge is 0.385 e. The summed E-state index contributed by atoms with van der Waals surface area (Å²) in [4.78, 5) is 16.9. The van der Waals surface area contributed by atoms with Crippen molar-refractivity contribution in [2.75, 3.05) is 26.5 Å². The fourth-order valence-electron chi connectivity index (χ4n) is 1.80. The summed E-state index contributed by atoms with van der Waals surface area (Å²) in [6, 6.07) is -0.980. The highest BCUT2D eigenvalue weighted by molar-refractivity contribution is 7.88. The molecule has 0 saturated heterocycles. The maximum Gasteiger partial charge on any atom is 0.338 e. The molecule has 0 aliphatic heterocycles. The topological polar surface area (TPSA) is 106 Å². The Kier molecular flexibility index (Phi) is 10.3. The Morgan fingerprint density at radius 1 is 1.32 bits per heavy atom. The molecule has 131 valence electrons. The van der Waals surface area contributed by atoms with Crippen molar-refractivity contribution in [3.63, 3.8) is 0 Å². The Morgan fingerprint density at radius 2 is 1.95 bits per heavy atom. The second-order valence-corrected chi connectivity index (χ2v) is 7.09. The first-order chi connectivity index (χ1) is 10.2. The molecule has 2 atom stereocenters. The van der Waals surface area contributed by atoms with Crippen LogP contribution < -0.4 is 15.5 Å². The van der Waals surface area contributed by atoms with Crippen molar-refractivity contribution in [3.05, 3.63) is 6.92 Å². The summed E-state index contributed by atoms with van der Waals surface area (Å²) >= 11 is 0. The molecular weight excluding hydrogens is 310 g/mol. The van der Waals surface area contributed by atoms with Crippen LogP contribution in [0.2, 0.25) is 0 Å². The summed E-state index contributed by atoms with van der Waals surface area (Å²) in [6.45, 7) is 8.15. The summed E-state index contributed by atoms with van der Waals surface area (Å²) < 4.78 is 30.6. The summed E-state index contributed by atoms with van der Waals surface area (Å²) in [5, 5.41) is 2.55. The minimum Gasteiger partial charge on any atom is -0.385 e. The first-order valence-corrected chi connectivity index (χ1v) is 9.05. The molecule has 0 saturated carbocycles. The highest BCUT2D eigenvalue weighted by Gasteiger charge is 2.29. The molecule has 0 heterocycles. The van der Waals surface area contributed by atoms with E-state index in [0.717, 1.165) is 6.26 Å². The third-order valence-electron chi connectivity index (χ3n) is 2.84. The number of rotatable bonds is 11. The number of amides is 2. The Labute approximate surface area is 133 Å². The number of sulfonamides is 1. The van der Waals surface area contributed by atoms with Crippen LogP contribution in [0.25, 0.3) is 0 Å². The lowest BCUT2D eigenvalue weighted by Crippen LogP contribution is -2.51. The maximum absolute atomic E-state index is 11.5. The summed E-state index contributed by atoms with van der Waals surface area (Å²) in [7, 11) is -1.86. The predicted molar refractivity (Wildman–Crippen MR) is 84.5 cm³/mol. The SMILES string of the molecule is [CH2]CCNC(=O)NOC(CCOC)C(NS(C)(=O)=O)C(C)C. The maximum atomic E-state index is 11.5. The molecular formula is C13H28N3O5S. The Balaban J connectivity index is 4.78. The number of ether oxygens (including phenoxy) is 1. The van der Waals surface area contributed by atoms with E-state index in [1.54, 1.807) is 7.11 Å². The van der Waals surface area contributed by atoms with Gasteiger partial charge in [-0.1, -0.05) is 20.8 Å². The van der Waals surface area contributed by atoms with Crippen molar-refractivity contribution >= 4 is 16.1 Å². The molecule has 0 aromatic rings. The monoisotopic (exact) mass is 338 g/mol. The highest BCUT2D eigenvalue weighted by Crippen LogP contribution is 2.14.